The zero-order valence-electron chi connectivity index (χ0n) is 13.5. The Hall–Kier alpha value is -2.64. The largest absolute Gasteiger partial charge is 0.464 e. The number of nitrogens with one attached hydrogen (secondary N) is 1. The molecule has 0 aliphatic carbocycles. The van der Waals surface area contributed by atoms with Gasteiger partial charge in [-0.05, 0) is 18.1 Å². The third kappa shape index (κ3) is 3.81. The first-order valence-electron chi connectivity index (χ1n) is 7.32. The second kappa shape index (κ2) is 7.29. The number of aliphatic hydroxyl groups excluding tert-OH is 1. The number of carbonyl (C=O) groups excluding carboxylic acids is 1. The summed E-state index contributed by atoms with van der Waals surface area (Å²) in [6, 6.07) is 5.56. The second-order valence-corrected chi connectivity index (χ2v) is 5.65. The van der Waals surface area contributed by atoms with Gasteiger partial charge >= 0.3 is 5.97 Å². The molecular weight excluding hydrogens is 312 g/mol. The Kier molecular flexibility index (Phi) is 5.38. The fourth-order valence-electron chi connectivity index (χ4n) is 2.29. The maximum absolute atomic E-state index is 11.5. The Morgan fingerprint density at radius 2 is 2.21 bits per heavy atom. The average molecular weight is 332 g/mol. The van der Waals surface area contributed by atoms with Crippen LogP contribution in [0.3, 0.4) is 0 Å². The SMILES string of the molecule is COC(=O)C(Cc1c[nH]c2c(C=CC(C)(O)CO)cccc12)=NO. The molecule has 128 valence electrons. The van der Waals surface area contributed by atoms with Crippen molar-refractivity contribution in [3.63, 3.8) is 0 Å². The molecule has 0 spiro atoms. The van der Waals surface area contributed by atoms with Crippen molar-refractivity contribution in [1.82, 2.24) is 4.98 Å². The number of esters is 1. The Morgan fingerprint density at radius 1 is 1.46 bits per heavy atom. The molecule has 0 saturated heterocycles. The molecule has 0 saturated carbocycles. The Bertz CT molecular complexity index is 789. The van der Waals surface area contributed by atoms with E-state index in [2.05, 4.69) is 14.9 Å². The summed E-state index contributed by atoms with van der Waals surface area (Å²) < 4.78 is 4.57. The molecule has 2 aromatic rings. The van der Waals surface area contributed by atoms with E-state index in [4.69, 9.17) is 10.3 Å². The standard InChI is InChI=1S/C17H20N2O5/c1-17(22,10-20)7-6-11-4-3-5-13-12(9-18-15(11)13)8-14(19-23)16(21)24-2/h3-7,9,18,20,22-23H,8,10H2,1-2H3. The first-order valence-corrected chi connectivity index (χ1v) is 7.32. The zero-order chi connectivity index (χ0) is 17.7. The highest BCUT2D eigenvalue weighted by molar-refractivity contribution is 6.37. The van der Waals surface area contributed by atoms with Crippen molar-refractivity contribution in [3.05, 3.63) is 41.6 Å². The van der Waals surface area contributed by atoms with E-state index in [1.165, 1.54) is 20.1 Å². The van der Waals surface area contributed by atoms with Crippen LogP contribution in [-0.4, -0.2) is 51.4 Å². The van der Waals surface area contributed by atoms with Gasteiger partial charge in [0.25, 0.3) is 0 Å². The maximum atomic E-state index is 11.5. The molecule has 4 N–H and O–H groups in total. The average Bonchev–Trinajstić information content (AvgIpc) is 3.00. The van der Waals surface area contributed by atoms with E-state index < -0.39 is 11.6 Å². The monoisotopic (exact) mass is 332 g/mol. The number of ether oxygens (including phenoxy) is 1. The van der Waals surface area contributed by atoms with Gasteiger partial charge in [-0.3, -0.25) is 0 Å². The predicted octanol–water partition coefficient (Wildman–Crippen LogP) is 1.47. The van der Waals surface area contributed by atoms with Gasteiger partial charge in [0.05, 0.1) is 19.2 Å². The number of fused-ring (bicyclic) bond motifs is 1. The molecule has 1 unspecified atom stereocenters. The number of nitrogens with zero attached hydrogens (tertiary/aromatic N) is 1. The summed E-state index contributed by atoms with van der Waals surface area (Å²) in [6.45, 7) is 1.12. The summed E-state index contributed by atoms with van der Waals surface area (Å²) >= 11 is 0. The van der Waals surface area contributed by atoms with E-state index in [0.29, 0.717) is 0 Å². The number of aliphatic hydroxyl groups is 2. The number of carbonyl (C=O) groups is 1. The number of aromatic nitrogens is 1. The molecule has 7 heteroatoms. The lowest BCUT2D eigenvalue weighted by atomic mass is 10.0. The van der Waals surface area contributed by atoms with Crippen LogP contribution >= 0.6 is 0 Å². The third-order valence-corrected chi connectivity index (χ3v) is 3.68. The number of hydrogen-bond acceptors (Lipinski definition) is 6. The Balaban J connectivity index is 2.37. The lowest BCUT2D eigenvalue weighted by molar-refractivity contribution is -0.133. The van der Waals surface area contributed by atoms with Crippen LogP contribution in [0.25, 0.3) is 17.0 Å². The van der Waals surface area contributed by atoms with Crippen molar-refractivity contribution >= 4 is 28.7 Å². The van der Waals surface area contributed by atoms with Crippen molar-refractivity contribution in [2.24, 2.45) is 5.16 Å². The molecule has 1 aromatic heterocycles. The number of rotatable bonds is 6. The molecule has 7 nitrogen and oxygen atoms in total. The van der Waals surface area contributed by atoms with Gasteiger partial charge in [-0.15, -0.1) is 0 Å². The van der Waals surface area contributed by atoms with Gasteiger partial charge in [0.1, 0.15) is 5.60 Å². The van der Waals surface area contributed by atoms with Gasteiger partial charge in [-0.25, -0.2) is 4.79 Å². The summed E-state index contributed by atoms with van der Waals surface area (Å²) in [5, 5.41) is 31.8. The van der Waals surface area contributed by atoms with Gasteiger partial charge in [-0.1, -0.05) is 35.5 Å². The minimum Gasteiger partial charge on any atom is -0.464 e. The van der Waals surface area contributed by atoms with Crippen LogP contribution in [0.2, 0.25) is 0 Å². The number of para-hydroxylation sites is 1. The minimum absolute atomic E-state index is 0.0949. The van der Waals surface area contributed by atoms with Gasteiger partial charge in [-0.2, -0.15) is 0 Å². The molecular formula is C17H20N2O5. The quantitative estimate of drug-likeness (QED) is 0.277. The van der Waals surface area contributed by atoms with E-state index in [0.717, 1.165) is 22.0 Å². The summed E-state index contributed by atoms with van der Waals surface area (Å²) in [5.41, 5.74) is 0.988. The van der Waals surface area contributed by atoms with E-state index >= 15 is 0 Å². The highest BCUT2D eigenvalue weighted by Crippen LogP contribution is 2.24. The minimum atomic E-state index is -1.31. The van der Waals surface area contributed by atoms with Crippen LogP contribution in [0.4, 0.5) is 0 Å². The first-order chi connectivity index (χ1) is 11.4. The zero-order valence-corrected chi connectivity index (χ0v) is 13.5. The predicted molar refractivity (Wildman–Crippen MR) is 90.0 cm³/mol. The van der Waals surface area contributed by atoms with Gasteiger partial charge in [0.15, 0.2) is 5.71 Å². The summed E-state index contributed by atoms with van der Waals surface area (Å²) in [7, 11) is 1.22. The number of hydrogen-bond donors (Lipinski definition) is 4. The van der Waals surface area contributed by atoms with Crippen molar-refractivity contribution in [2.45, 2.75) is 18.9 Å². The lowest BCUT2D eigenvalue weighted by Crippen LogP contribution is -2.25. The number of oxime groups is 1. The maximum Gasteiger partial charge on any atom is 0.356 e. The van der Waals surface area contributed by atoms with Crippen molar-refractivity contribution in [2.75, 3.05) is 13.7 Å². The van der Waals surface area contributed by atoms with E-state index in [1.807, 2.05) is 18.2 Å². The number of H-pyrrole nitrogens is 1. The van der Waals surface area contributed by atoms with Crippen LogP contribution in [0.15, 0.2) is 35.6 Å². The molecule has 2 rings (SSSR count). The van der Waals surface area contributed by atoms with Crippen LogP contribution in [0, 0.1) is 0 Å². The van der Waals surface area contributed by atoms with E-state index in [-0.39, 0.29) is 18.7 Å². The van der Waals surface area contributed by atoms with Gasteiger partial charge < -0.3 is 25.1 Å². The number of methoxy groups -OCH3 is 1. The molecule has 1 atom stereocenters. The highest BCUT2D eigenvalue weighted by atomic mass is 16.5. The summed E-state index contributed by atoms with van der Waals surface area (Å²) in [4.78, 5) is 14.6. The van der Waals surface area contributed by atoms with Crippen LogP contribution < -0.4 is 0 Å². The van der Waals surface area contributed by atoms with Crippen LogP contribution in [-0.2, 0) is 16.0 Å². The van der Waals surface area contributed by atoms with Crippen molar-refractivity contribution in [3.8, 4) is 0 Å². The first kappa shape index (κ1) is 17.7. The van der Waals surface area contributed by atoms with Crippen molar-refractivity contribution < 1.29 is 25.0 Å². The van der Waals surface area contributed by atoms with Gasteiger partial charge in [0.2, 0.25) is 0 Å². The molecule has 0 radical (unpaired) electrons. The normalized spacial score (nSPS) is 14.9. The van der Waals surface area contributed by atoms with Gasteiger partial charge in [0, 0.05) is 18.0 Å². The summed E-state index contributed by atoms with van der Waals surface area (Å²) in [5.74, 6) is -0.693. The topological polar surface area (TPSA) is 115 Å². The molecule has 0 fully saturated rings. The molecule has 0 aliphatic heterocycles. The van der Waals surface area contributed by atoms with E-state index in [9.17, 15) is 9.90 Å². The molecule has 24 heavy (non-hydrogen) atoms. The molecule has 0 bridgehead atoms. The molecule has 0 aliphatic rings. The van der Waals surface area contributed by atoms with E-state index in [1.54, 1.807) is 12.3 Å². The Morgan fingerprint density at radius 3 is 2.83 bits per heavy atom. The molecule has 1 heterocycles. The molecule has 0 amide bonds. The fraction of sp³-hybridized carbons (Fsp3) is 0.294. The smallest absolute Gasteiger partial charge is 0.356 e. The Labute approximate surface area is 138 Å². The second-order valence-electron chi connectivity index (χ2n) is 5.65. The van der Waals surface area contributed by atoms with Crippen molar-refractivity contribution in [1.29, 1.82) is 0 Å². The number of aromatic amines is 1. The highest BCUT2D eigenvalue weighted by Gasteiger charge is 2.17. The fourth-order valence-corrected chi connectivity index (χ4v) is 2.29. The molecule has 1 aromatic carbocycles. The third-order valence-electron chi connectivity index (χ3n) is 3.68. The van der Waals surface area contributed by atoms with Crippen LogP contribution in [0.5, 0.6) is 0 Å². The summed E-state index contributed by atoms with van der Waals surface area (Å²) in [6.07, 6.45) is 5.06. The van der Waals surface area contributed by atoms with Crippen LogP contribution in [0.1, 0.15) is 18.1 Å². The number of benzene rings is 1. The lowest BCUT2D eigenvalue weighted by Gasteiger charge is -2.14.